The summed E-state index contributed by atoms with van der Waals surface area (Å²) in [6, 6.07) is 4.26. The van der Waals surface area contributed by atoms with Gasteiger partial charge in [0.15, 0.2) is 0 Å². The van der Waals surface area contributed by atoms with Gasteiger partial charge in [-0.3, -0.25) is 4.79 Å². The van der Waals surface area contributed by atoms with E-state index in [0.29, 0.717) is 18.5 Å². The third-order valence-electron chi connectivity index (χ3n) is 3.59. The number of carbonyl (C=O) groups excluding carboxylic acids is 1. The van der Waals surface area contributed by atoms with Crippen LogP contribution in [-0.4, -0.2) is 28.2 Å². The van der Waals surface area contributed by atoms with Gasteiger partial charge in [-0.1, -0.05) is 0 Å². The largest absolute Gasteiger partial charge is 0.391 e. The minimum atomic E-state index is -0.372. The lowest BCUT2D eigenvalue weighted by molar-refractivity contribution is 0.0892. The Bertz CT molecular complexity index is 419. The number of hydrogen-bond acceptors (Lipinski definition) is 2. The molecule has 1 aromatic heterocycles. The normalized spacial score (nSPS) is 21.2. The highest BCUT2D eigenvalue weighted by molar-refractivity contribution is 5.92. The number of aliphatic hydroxyl groups excluding tert-OH is 1. The van der Waals surface area contributed by atoms with Crippen LogP contribution in [0.15, 0.2) is 18.3 Å². The molecule has 0 saturated heterocycles. The Kier molecular flexibility index (Phi) is 2.67. The Morgan fingerprint density at radius 3 is 2.88 bits per heavy atom. The van der Waals surface area contributed by atoms with Crippen LogP contribution in [0.2, 0.25) is 0 Å². The molecule has 1 unspecified atom stereocenters. The Morgan fingerprint density at radius 2 is 2.24 bits per heavy atom. The number of amides is 1. The number of aromatic nitrogens is 1. The highest BCUT2D eigenvalue weighted by Gasteiger charge is 2.30. The summed E-state index contributed by atoms with van der Waals surface area (Å²) in [5.74, 6) is 0.340. The van der Waals surface area contributed by atoms with E-state index in [1.165, 1.54) is 12.8 Å². The third kappa shape index (κ3) is 2.36. The van der Waals surface area contributed by atoms with Crippen LogP contribution in [0.25, 0.3) is 0 Å². The van der Waals surface area contributed by atoms with E-state index in [1.807, 2.05) is 22.9 Å². The molecule has 2 saturated carbocycles. The number of nitrogens with zero attached hydrogens (tertiary/aromatic N) is 1. The number of rotatable bonds is 5. The first kappa shape index (κ1) is 10.8. The third-order valence-corrected chi connectivity index (χ3v) is 3.59. The fraction of sp³-hybridized carbons (Fsp3) is 0.615. The summed E-state index contributed by atoms with van der Waals surface area (Å²) in [6.07, 6.45) is 6.11. The van der Waals surface area contributed by atoms with Gasteiger partial charge < -0.3 is 15.0 Å². The Balaban J connectivity index is 1.58. The lowest BCUT2D eigenvalue weighted by Crippen LogP contribution is -2.34. The quantitative estimate of drug-likeness (QED) is 0.807. The zero-order chi connectivity index (χ0) is 11.8. The zero-order valence-corrected chi connectivity index (χ0v) is 9.80. The molecule has 4 heteroatoms. The van der Waals surface area contributed by atoms with Gasteiger partial charge in [-0.25, -0.2) is 0 Å². The molecule has 17 heavy (non-hydrogen) atoms. The Labute approximate surface area is 101 Å². The highest BCUT2D eigenvalue weighted by atomic mass is 16.3. The smallest absolute Gasteiger partial charge is 0.268 e. The van der Waals surface area contributed by atoms with E-state index in [1.54, 1.807) is 0 Å². The zero-order valence-electron chi connectivity index (χ0n) is 9.80. The molecule has 1 amide bonds. The van der Waals surface area contributed by atoms with Crippen LogP contribution in [-0.2, 0) is 0 Å². The van der Waals surface area contributed by atoms with Crippen molar-refractivity contribution in [1.29, 1.82) is 0 Å². The maximum Gasteiger partial charge on any atom is 0.268 e. The molecule has 2 N–H and O–H groups in total. The fourth-order valence-electron chi connectivity index (χ4n) is 2.19. The lowest BCUT2D eigenvalue weighted by Gasteiger charge is -2.12. The molecule has 1 aromatic rings. The van der Waals surface area contributed by atoms with Crippen LogP contribution >= 0.6 is 0 Å². The fourth-order valence-corrected chi connectivity index (χ4v) is 2.19. The van der Waals surface area contributed by atoms with Gasteiger partial charge >= 0.3 is 0 Å². The van der Waals surface area contributed by atoms with Gasteiger partial charge in [0.05, 0.1) is 6.10 Å². The van der Waals surface area contributed by atoms with Gasteiger partial charge in [0.1, 0.15) is 5.69 Å². The first-order valence-electron chi connectivity index (χ1n) is 6.39. The number of nitrogens with one attached hydrogen (secondary N) is 1. The van der Waals surface area contributed by atoms with Crippen LogP contribution < -0.4 is 5.32 Å². The number of aliphatic hydroxyl groups is 1. The summed E-state index contributed by atoms with van der Waals surface area (Å²) in [5.41, 5.74) is 0.718. The lowest BCUT2D eigenvalue weighted by atomic mass is 10.2. The minimum absolute atomic E-state index is 0.0680. The highest BCUT2D eigenvalue weighted by Crippen LogP contribution is 2.36. The van der Waals surface area contributed by atoms with Gasteiger partial charge in [-0.05, 0) is 43.7 Å². The second-order valence-electron chi connectivity index (χ2n) is 5.15. The van der Waals surface area contributed by atoms with Crippen molar-refractivity contribution in [3.05, 3.63) is 24.0 Å². The van der Waals surface area contributed by atoms with Crippen LogP contribution in [0, 0.1) is 5.92 Å². The predicted molar refractivity (Wildman–Crippen MR) is 63.8 cm³/mol. The van der Waals surface area contributed by atoms with Gasteiger partial charge in [-0.2, -0.15) is 0 Å². The molecule has 1 atom stereocenters. The van der Waals surface area contributed by atoms with Crippen LogP contribution in [0.4, 0.5) is 0 Å². The average Bonchev–Trinajstić information content (AvgIpc) is 3.23. The van der Waals surface area contributed by atoms with E-state index in [-0.39, 0.29) is 12.0 Å². The maximum absolute atomic E-state index is 12.0. The number of hydrogen-bond donors (Lipinski definition) is 2. The van der Waals surface area contributed by atoms with Gasteiger partial charge in [0.25, 0.3) is 5.91 Å². The first-order valence-corrected chi connectivity index (χ1v) is 6.39. The summed E-state index contributed by atoms with van der Waals surface area (Å²) in [6.45, 7) is 0.374. The monoisotopic (exact) mass is 234 g/mol. The second-order valence-corrected chi connectivity index (χ2v) is 5.15. The second kappa shape index (κ2) is 4.18. The van der Waals surface area contributed by atoms with Crippen molar-refractivity contribution in [2.24, 2.45) is 5.92 Å². The predicted octanol–water partition coefficient (Wildman–Crippen LogP) is 1.32. The summed E-state index contributed by atoms with van der Waals surface area (Å²) < 4.78 is 2.04. The summed E-state index contributed by atoms with van der Waals surface area (Å²) in [4.78, 5) is 12.0. The topological polar surface area (TPSA) is 54.3 Å². The van der Waals surface area contributed by atoms with E-state index in [4.69, 9.17) is 0 Å². The van der Waals surface area contributed by atoms with Gasteiger partial charge in [0.2, 0.25) is 0 Å². The molecule has 0 aliphatic heterocycles. The molecule has 2 fully saturated rings. The van der Waals surface area contributed by atoms with Crippen molar-refractivity contribution >= 4 is 5.91 Å². The first-order chi connectivity index (χ1) is 8.25. The van der Waals surface area contributed by atoms with Crippen LogP contribution in [0.3, 0.4) is 0 Å². The van der Waals surface area contributed by atoms with Crippen LogP contribution in [0.5, 0.6) is 0 Å². The van der Waals surface area contributed by atoms with Crippen molar-refractivity contribution in [3.63, 3.8) is 0 Å². The molecule has 3 rings (SSSR count). The molecule has 4 nitrogen and oxygen atoms in total. The standard InChI is InChI=1S/C13H18N2O2/c16-12(9-3-4-9)8-14-13(17)11-2-1-7-15(11)10-5-6-10/h1-2,7,9-10,12,16H,3-6,8H2,(H,14,17). The SMILES string of the molecule is O=C(NCC(O)C1CC1)c1cccn1C1CC1. The van der Waals surface area contributed by atoms with Crippen molar-refractivity contribution in [1.82, 2.24) is 9.88 Å². The van der Waals surface area contributed by atoms with E-state index in [9.17, 15) is 9.90 Å². The van der Waals surface area contributed by atoms with Crippen molar-refractivity contribution < 1.29 is 9.90 Å². The van der Waals surface area contributed by atoms with Crippen molar-refractivity contribution in [2.45, 2.75) is 37.8 Å². The molecular weight excluding hydrogens is 216 g/mol. The molecule has 2 aliphatic rings. The molecule has 1 heterocycles. The van der Waals surface area contributed by atoms with Crippen LogP contribution in [0.1, 0.15) is 42.2 Å². The summed E-state index contributed by atoms with van der Waals surface area (Å²) in [7, 11) is 0. The van der Waals surface area contributed by atoms with Gasteiger partial charge in [-0.15, -0.1) is 0 Å². The van der Waals surface area contributed by atoms with E-state index >= 15 is 0 Å². The average molecular weight is 234 g/mol. The Morgan fingerprint density at radius 1 is 1.47 bits per heavy atom. The molecule has 2 aliphatic carbocycles. The van der Waals surface area contributed by atoms with Gasteiger partial charge in [0, 0.05) is 18.8 Å². The Hall–Kier alpha value is -1.29. The van der Waals surface area contributed by atoms with E-state index in [0.717, 1.165) is 18.5 Å². The molecule has 92 valence electrons. The maximum atomic E-state index is 12.0. The van der Waals surface area contributed by atoms with E-state index in [2.05, 4.69) is 5.32 Å². The van der Waals surface area contributed by atoms with E-state index < -0.39 is 0 Å². The molecule has 0 aromatic carbocycles. The summed E-state index contributed by atoms with van der Waals surface area (Å²) >= 11 is 0. The summed E-state index contributed by atoms with van der Waals surface area (Å²) in [5, 5.41) is 12.5. The van der Waals surface area contributed by atoms with Crippen molar-refractivity contribution in [2.75, 3.05) is 6.54 Å². The molecule has 0 spiro atoms. The molecule has 0 bridgehead atoms. The van der Waals surface area contributed by atoms with Crippen molar-refractivity contribution in [3.8, 4) is 0 Å². The minimum Gasteiger partial charge on any atom is -0.391 e. The number of carbonyl (C=O) groups is 1. The molecule has 0 radical (unpaired) electrons. The molecular formula is C13H18N2O2.